The number of halogens is 3. The minimum absolute atomic E-state index is 0.309. The first-order chi connectivity index (χ1) is 14.4. The highest BCUT2D eigenvalue weighted by atomic mass is 79.9. The fraction of sp³-hybridized carbons (Fsp3) is 0.167. The molecule has 0 spiro atoms. The van der Waals surface area contributed by atoms with Gasteiger partial charge >= 0.3 is 0 Å². The maximum Gasteiger partial charge on any atom is 0.240 e. The Morgan fingerprint density at radius 2 is 1.03 bits per heavy atom. The SMILES string of the molecule is O=C1[C@H]2[C@H](C(=O)N1c1ccc(Br)cc1)C1(Cl)c3ccccc3C2(Cl)c2ccccc21. The Bertz CT molecular complexity index is 1130. The monoisotopic (exact) mass is 497 g/mol. The second kappa shape index (κ2) is 5.97. The van der Waals surface area contributed by atoms with Gasteiger partial charge in [-0.15, -0.1) is 23.2 Å². The van der Waals surface area contributed by atoms with Crippen molar-refractivity contribution in [3.63, 3.8) is 0 Å². The smallest absolute Gasteiger partial charge is 0.240 e. The lowest BCUT2D eigenvalue weighted by Gasteiger charge is -2.54. The van der Waals surface area contributed by atoms with E-state index in [9.17, 15) is 9.59 Å². The number of benzene rings is 3. The average molecular weight is 499 g/mol. The molecule has 0 radical (unpaired) electrons. The van der Waals surface area contributed by atoms with Crippen LogP contribution in [0.2, 0.25) is 0 Å². The van der Waals surface area contributed by atoms with Crippen molar-refractivity contribution < 1.29 is 9.59 Å². The molecule has 2 amide bonds. The molecule has 0 unspecified atom stereocenters. The molecule has 1 fully saturated rings. The molecule has 1 heterocycles. The van der Waals surface area contributed by atoms with E-state index in [0.717, 1.165) is 26.7 Å². The van der Waals surface area contributed by atoms with Gasteiger partial charge in [0.2, 0.25) is 11.8 Å². The molecule has 2 bridgehead atoms. The van der Waals surface area contributed by atoms with Crippen molar-refractivity contribution in [2.75, 3.05) is 4.90 Å². The van der Waals surface area contributed by atoms with Crippen LogP contribution < -0.4 is 4.90 Å². The highest BCUT2D eigenvalue weighted by Gasteiger charge is 2.73. The summed E-state index contributed by atoms with van der Waals surface area (Å²) in [5, 5.41) is 0. The number of anilines is 1. The number of rotatable bonds is 1. The Kier molecular flexibility index (Phi) is 3.70. The summed E-state index contributed by atoms with van der Waals surface area (Å²) < 4.78 is 0.866. The van der Waals surface area contributed by atoms with Gasteiger partial charge in [-0.2, -0.15) is 0 Å². The van der Waals surface area contributed by atoms with Gasteiger partial charge in [0.1, 0.15) is 9.75 Å². The zero-order valence-electron chi connectivity index (χ0n) is 15.5. The lowest BCUT2D eigenvalue weighted by Crippen LogP contribution is -2.57. The molecule has 7 rings (SSSR count). The van der Waals surface area contributed by atoms with Crippen LogP contribution in [0.4, 0.5) is 5.69 Å². The van der Waals surface area contributed by atoms with Gasteiger partial charge in [-0.25, -0.2) is 4.90 Å². The van der Waals surface area contributed by atoms with Crippen LogP contribution in [0, 0.1) is 11.8 Å². The molecule has 3 aromatic carbocycles. The third kappa shape index (κ3) is 1.98. The van der Waals surface area contributed by atoms with E-state index in [1.807, 2.05) is 60.7 Å². The minimum atomic E-state index is -1.15. The quantitative estimate of drug-likeness (QED) is 0.326. The highest BCUT2D eigenvalue weighted by Crippen LogP contribution is 2.69. The van der Waals surface area contributed by atoms with Crippen LogP contribution in [-0.4, -0.2) is 11.8 Å². The topological polar surface area (TPSA) is 37.4 Å². The zero-order valence-corrected chi connectivity index (χ0v) is 18.6. The standard InChI is InChI=1S/C24H14BrCl2NO2/c25-13-9-11-14(12-10-13)28-21(29)19-20(22(28)30)24(27)16-6-2-1-5-15(16)23(19,26)17-7-3-4-8-18(17)24/h1-12,19-20H/t19-,20-,23?,24?/m1/s1. The normalized spacial score (nSPS) is 30.8. The van der Waals surface area contributed by atoms with Crippen LogP contribution >= 0.6 is 39.1 Å². The van der Waals surface area contributed by atoms with Crippen LogP contribution in [-0.2, 0) is 19.3 Å². The summed E-state index contributed by atoms with van der Waals surface area (Å²) >= 11 is 18.2. The highest BCUT2D eigenvalue weighted by molar-refractivity contribution is 9.10. The molecule has 1 saturated heterocycles. The summed E-state index contributed by atoms with van der Waals surface area (Å²) in [6.45, 7) is 0. The molecule has 2 atom stereocenters. The summed E-state index contributed by atoms with van der Waals surface area (Å²) in [6, 6.07) is 22.4. The first kappa shape index (κ1) is 18.6. The molecule has 3 aromatic rings. The van der Waals surface area contributed by atoms with Crippen LogP contribution in [0.25, 0.3) is 0 Å². The van der Waals surface area contributed by atoms with E-state index in [0.29, 0.717) is 5.69 Å². The van der Waals surface area contributed by atoms with Crippen LogP contribution in [0.15, 0.2) is 77.3 Å². The van der Waals surface area contributed by atoms with Crippen molar-refractivity contribution in [3.8, 4) is 0 Å². The number of imide groups is 1. The second-order valence-electron chi connectivity index (χ2n) is 7.96. The number of nitrogens with zero attached hydrogens (tertiary/aromatic N) is 1. The minimum Gasteiger partial charge on any atom is -0.274 e. The van der Waals surface area contributed by atoms with E-state index in [1.165, 1.54) is 4.90 Å². The number of carbonyl (C=O) groups is 2. The number of amides is 2. The molecule has 3 aliphatic carbocycles. The molecule has 6 heteroatoms. The van der Waals surface area contributed by atoms with Gasteiger partial charge in [-0.05, 0) is 46.5 Å². The van der Waals surface area contributed by atoms with Gasteiger partial charge in [-0.1, -0.05) is 64.5 Å². The summed E-state index contributed by atoms with van der Waals surface area (Å²) in [4.78, 5) is 26.4. The lowest BCUT2D eigenvalue weighted by atomic mass is 9.54. The fourth-order valence-electron chi connectivity index (χ4n) is 5.51. The number of hydrogen-bond donors (Lipinski definition) is 0. The van der Waals surface area contributed by atoms with Crippen molar-refractivity contribution in [2.24, 2.45) is 11.8 Å². The number of carbonyl (C=O) groups excluding carboxylic acids is 2. The van der Waals surface area contributed by atoms with Crippen LogP contribution in [0.5, 0.6) is 0 Å². The zero-order chi connectivity index (χ0) is 20.8. The summed E-state index contributed by atoms with van der Waals surface area (Å²) in [5.41, 5.74) is 3.75. The van der Waals surface area contributed by atoms with E-state index in [4.69, 9.17) is 23.2 Å². The maximum atomic E-state index is 13.7. The van der Waals surface area contributed by atoms with E-state index in [-0.39, 0.29) is 11.8 Å². The molecular weight excluding hydrogens is 485 g/mol. The number of alkyl halides is 2. The van der Waals surface area contributed by atoms with Crippen molar-refractivity contribution in [3.05, 3.63) is 99.5 Å². The molecule has 0 N–H and O–H groups in total. The van der Waals surface area contributed by atoms with E-state index in [1.54, 1.807) is 12.1 Å². The second-order valence-corrected chi connectivity index (χ2v) is 10.1. The summed E-state index contributed by atoms with van der Waals surface area (Å²) in [5.74, 6) is -2.18. The predicted octanol–water partition coefficient (Wildman–Crippen LogP) is 5.55. The fourth-order valence-corrected chi connectivity index (χ4v) is 6.87. The maximum absolute atomic E-state index is 13.7. The Labute approximate surface area is 191 Å². The largest absolute Gasteiger partial charge is 0.274 e. The molecule has 0 saturated carbocycles. The van der Waals surface area contributed by atoms with Crippen LogP contribution in [0.3, 0.4) is 0 Å². The first-order valence-electron chi connectivity index (χ1n) is 9.61. The molecule has 148 valence electrons. The Morgan fingerprint density at radius 3 is 1.40 bits per heavy atom. The molecule has 1 aliphatic heterocycles. The molecule has 30 heavy (non-hydrogen) atoms. The average Bonchev–Trinajstić information content (AvgIpc) is 3.04. The van der Waals surface area contributed by atoms with Crippen molar-refractivity contribution in [2.45, 2.75) is 9.75 Å². The van der Waals surface area contributed by atoms with Gasteiger partial charge in [0, 0.05) is 4.47 Å². The molecule has 0 aromatic heterocycles. The van der Waals surface area contributed by atoms with Gasteiger partial charge in [0.05, 0.1) is 17.5 Å². The first-order valence-corrected chi connectivity index (χ1v) is 11.2. The third-order valence-corrected chi connectivity index (χ3v) is 8.48. The molecular formula is C24H14BrCl2NO2. The number of hydrogen-bond acceptors (Lipinski definition) is 2. The van der Waals surface area contributed by atoms with Crippen molar-refractivity contribution >= 4 is 56.6 Å². The summed E-state index contributed by atoms with van der Waals surface area (Å²) in [6.07, 6.45) is 0. The van der Waals surface area contributed by atoms with Gasteiger partial charge in [0.25, 0.3) is 0 Å². The van der Waals surface area contributed by atoms with Gasteiger partial charge in [0.15, 0.2) is 0 Å². The van der Waals surface area contributed by atoms with Gasteiger partial charge < -0.3 is 0 Å². The van der Waals surface area contributed by atoms with Crippen LogP contribution in [0.1, 0.15) is 22.3 Å². The predicted molar refractivity (Wildman–Crippen MR) is 120 cm³/mol. The third-order valence-electron chi connectivity index (χ3n) is 6.67. The summed E-state index contributed by atoms with van der Waals surface area (Å²) in [7, 11) is 0. The van der Waals surface area contributed by atoms with E-state index in [2.05, 4.69) is 15.9 Å². The molecule has 4 aliphatic rings. The van der Waals surface area contributed by atoms with Crippen molar-refractivity contribution in [1.82, 2.24) is 0 Å². The van der Waals surface area contributed by atoms with Crippen molar-refractivity contribution in [1.29, 1.82) is 0 Å². The van der Waals surface area contributed by atoms with Gasteiger partial charge in [-0.3, -0.25) is 9.59 Å². The Morgan fingerprint density at radius 1 is 0.667 bits per heavy atom. The Hall–Kier alpha value is -2.14. The van der Waals surface area contributed by atoms with E-state index < -0.39 is 21.6 Å². The molecule has 3 nitrogen and oxygen atoms in total. The van der Waals surface area contributed by atoms with E-state index >= 15 is 0 Å². The lowest BCUT2D eigenvalue weighted by molar-refractivity contribution is -0.122. The Balaban J connectivity index is 1.66.